The maximum atomic E-state index is 4.10. The molecular formula is C8H11BrN2S2. The van der Waals surface area contributed by atoms with Gasteiger partial charge < -0.3 is 0 Å². The lowest BCUT2D eigenvalue weighted by molar-refractivity contribution is 0.686. The standard InChI is InChI=1S/C8H11BrN2S2/c1-6-10-11-7(13-6)12-5-8(4-9)2-3-8/h2-5H2,1H3. The van der Waals surface area contributed by atoms with Crippen molar-refractivity contribution in [1.82, 2.24) is 10.2 Å². The molecule has 1 fully saturated rings. The Morgan fingerprint density at radius 2 is 2.31 bits per heavy atom. The van der Waals surface area contributed by atoms with Gasteiger partial charge in [0.05, 0.1) is 0 Å². The number of aromatic nitrogens is 2. The van der Waals surface area contributed by atoms with Crippen LogP contribution in [-0.4, -0.2) is 21.3 Å². The summed E-state index contributed by atoms with van der Waals surface area (Å²) in [5.74, 6) is 1.19. The summed E-state index contributed by atoms with van der Waals surface area (Å²) in [5, 5.41) is 10.3. The minimum atomic E-state index is 0.574. The zero-order valence-electron chi connectivity index (χ0n) is 7.42. The Kier molecular flexibility index (Phi) is 2.95. The highest BCUT2D eigenvalue weighted by molar-refractivity contribution is 9.09. The molecule has 1 aromatic heterocycles. The summed E-state index contributed by atoms with van der Waals surface area (Å²) in [6, 6.07) is 0. The molecule has 13 heavy (non-hydrogen) atoms. The number of hydrogen-bond donors (Lipinski definition) is 0. The first-order chi connectivity index (χ1) is 6.24. The molecule has 0 spiro atoms. The molecule has 1 aliphatic rings. The highest BCUT2D eigenvalue weighted by Crippen LogP contribution is 2.50. The summed E-state index contributed by atoms with van der Waals surface area (Å²) in [5.41, 5.74) is 0.574. The molecule has 2 rings (SSSR count). The minimum absolute atomic E-state index is 0.574. The van der Waals surface area contributed by atoms with Crippen molar-refractivity contribution in [2.75, 3.05) is 11.1 Å². The first-order valence-electron chi connectivity index (χ1n) is 4.23. The van der Waals surface area contributed by atoms with Gasteiger partial charge in [0.15, 0.2) is 4.34 Å². The first kappa shape index (κ1) is 9.93. The average Bonchev–Trinajstić information content (AvgIpc) is 2.81. The van der Waals surface area contributed by atoms with Crippen molar-refractivity contribution in [3.63, 3.8) is 0 Å². The maximum Gasteiger partial charge on any atom is 0.174 e. The fourth-order valence-electron chi connectivity index (χ4n) is 1.04. The molecule has 5 heteroatoms. The summed E-state index contributed by atoms with van der Waals surface area (Å²) in [4.78, 5) is 0. The summed E-state index contributed by atoms with van der Waals surface area (Å²) >= 11 is 7.11. The number of hydrogen-bond acceptors (Lipinski definition) is 4. The van der Waals surface area contributed by atoms with Crippen LogP contribution in [-0.2, 0) is 0 Å². The second-order valence-electron chi connectivity index (χ2n) is 3.51. The molecule has 0 atom stereocenters. The van der Waals surface area contributed by atoms with E-state index in [0.29, 0.717) is 5.41 Å². The molecule has 0 saturated heterocycles. The zero-order chi connectivity index (χ0) is 9.31. The molecule has 0 bridgehead atoms. The number of aryl methyl sites for hydroxylation is 1. The van der Waals surface area contributed by atoms with Crippen LogP contribution in [0, 0.1) is 12.3 Å². The number of rotatable bonds is 4. The molecule has 0 radical (unpaired) electrons. The van der Waals surface area contributed by atoms with Gasteiger partial charge in [0.2, 0.25) is 0 Å². The predicted molar refractivity (Wildman–Crippen MR) is 60.8 cm³/mol. The highest BCUT2D eigenvalue weighted by atomic mass is 79.9. The topological polar surface area (TPSA) is 25.8 Å². The van der Waals surface area contributed by atoms with Gasteiger partial charge in [-0.2, -0.15) is 0 Å². The Labute approximate surface area is 94.7 Å². The van der Waals surface area contributed by atoms with Crippen molar-refractivity contribution in [3.8, 4) is 0 Å². The van der Waals surface area contributed by atoms with E-state index in [1.165, 1.54) is 18.6 Å². The lowest BCUT2D eigenvalue weighted by Gasteiger charge is -2.07. The van der Waals surface area contributed by atoms with Crippen LogP contribution in [0.1, 0.15) is 17.8 Å². The van der Waals surface area contributed by atoms with Crippen LogP contribution in [0.5, 0.6) is 0 Å². The highest BCUT2D eigenvalue weighted by Gasteiger charge is 2.41. The van der Waals surface area contributed by atoms with Crippen molar-refractivity contribution in [1.29, 1.82) is 0 Å². The molecule has 0 N–H and O–H groups in total. The van der Waals surface area contributed by atoms with Crippen molar-refractivity contribution < 1.29 is 0 Å². The number of alkyl halides is 1. The predicted octanol–water partition coefficient (Wildman–Crippen LogP) is 3.11. The van der Waals surface area contributed by atoms with E-state index in [1.54, 1.807) is 11.3 Å². The van der Waals surface area contributed by atoms with Crippen LogP contribution in [0.3, 0.4) is 0 Å². The summed E-state index contributed by atoms with van der Waals surface area (Å²) in [6.07, 6.45) is 2.73. The van der Waals surface area contributed by atoms with E-state index in [9.17, 15) is 0 Å². The molecule has 72 valence electrons. The number of nitrogens with zero attached hydrogens (tertiary/aromatic N) is 2. The number of thioether (sulfide) groups is 1. The Hall–Kier alpha value is 0.390. The van der Waals surface area contributed by atoms with E-state index >= 15 is 0 Å². The van der Waals surface area contributed by atoms with Crippen molar-refractivity contribution in [3.05, 3.63) is 5.01 Å². The van der Waals surface area contributed by atoms with Gasteiger partial charge in [-0.3, -0.25) is 0 Å². The zero-order valence-corrected chi connectivity index (χ0v) is 10.6. The van der Waals surface area contributed by atoms with Gasteiger partial charge in [0, 0.05) is 11.1 Å². The lowest BCUT2D eigenvalue weighted by atomic mass is 10.2. The molecule has 0 unspecified atom stereocenters. The third-order valence-electron chi connectivity index (χ3n) is 2.25. The quantitative estimate of drug-likeness (QED) is 0.625. The van der Waals surface area contributed by atoms with Crippen LogP contribution < -0.4 is 0 Å². The largest absolute Gasteiger partial charge is 0.174 e. The van der Waals surface area contributed by atoms with Crippen LogP contribution in [0.25, 0.3) is 0 Å². The van der Waals surface area contributed by atoms with E-state index in [2.05, 4.69) is 26.1 Å². The molecular weight excluding hydrogens is 268 g/mol. The van der Waals surface area contributed by atoms with Crippen molar-refractivity contribution in [2.24, 2.45) is 5.41 Å². The third kappa shape index (κ3) is 2.44. The summed E-state index contributed by atoms with van der Waals surface area (Å²) in [6.45, 7) is 2.00. The maximum absolute atomic E-state index is 4.10. The average molecular weight is 279 g/mol. The second kappa shape index (κ2) is 3.87. The molecule has 1 aliphatic carbocycles. The van der Waals surface area contributed by atoms with Crippen molar-refractivity contribution >= 4 is 39.0 Å². The van der Waals surface area contributed by atoms with Gasteiger partial charge in [-0.05, 0) is 25.2 Å². The van der Waals surface area contributed by atoms with Gasteiger partial charge in [-0.1, -0.05) is 39.0 Å². The Bertz CT molecular complexity index is 296. The van der Waals surface area contributed by atoms with Gasteiger partial charge >= 0.3 is 0 Å². The van der Waals surface area contributed by atoms with Crippen LogP contribution in [0.4, 0.5) is 0 Å². The summed E-state index contributed by atoms with van der Waals surface area (Å²) in [7, 11) is 0. The molecule has 1 heterocycles. The smallest absolute Gasteiger partial charge is 0.143 e. The van der Waals surface area contributed by atoms with E-state index in [4.69, 9.17) is 0 Å². The molecule has 1 saturated carbocycles. The normalized spacial score (nSPS) is 18.9. The van der Waals surface area contributed by atoms with E-state index in [-0.39, 0.29) is 0 Å². The Balaban J connectivity index is 1.86. The van der Waals surface area contributed by atoms with Crippen LogP contribution in [0.15, 0.2) is 4.34 Å². The SMILES string of the molecule is Cc1nnc(SCC2(CBr)CC2)s1. The molecule has 2 nitrogen and oxygen atoms in total. The van der Waals surface area contributed by atoms with Gasteiger partial charge in [0.25, 0.3) is 0 Å². The van der Waals surface area contributed by atoms with E-state index in [1.807, 2.05) is 18.7 Å². The Morgan fingerprint density at radius 3 is 2.77 bits per heavy atom. The fraction of sp³-hybridized carbons (Fsp3) is 0.750. The third-order valence-corrected chi connectivity index (χ3v) is 5.76. The Morgan fingerprint density at radius 1 is 1.54 bits per heavy atom. The second-order valence-corrected chi connectivity index (χ2v) is 6.47. The van der Waals surface area contributed by atoms with Gasteiger partial charge in [-0.15, -0.1) is 10.2 Å². The van der Waals surface area contributed by atoms with Gasteiger partial charge in [0.1, 0.15) is 5.01 Å². The van der Waals surface area contributed by atoms with Gasteiger partial charge in [-0.25, -0.2) is 0 Å². The molecule has 0 amide bonds. The first-order valence-corrected chi connectivity index (χ1v) is 7.15. The van der Waals surface area contributed by atoms with E-state index in [0.717, 1.165) is 14.7 Å². The molecule has 0 aromatic carbocycles. The molecule has 1 aromatic rings. The fourth-order valence-corrected chi connectivity index (χ4v) is 4.18. The van der Waals surface area contributed by atoms with Crippen molar-refractivity contribution in [2.45, 2.75) is 24.1 Å². The van der Waals surface area contributed by atoms with Crippen LogP contribution in [0.2, 0.25) is 0 Å². The lowest BCUT2D eigenvalue weighted by Crippen LogP contribution is -2.04. The van der Waals surface area contributed by atoms with Crippen LogP contribution >= 0.6 is 39.0 Å². The molecule has 0 aliphatic heterocycles. The van der Waals surface area contributed by atoms with E-state index < -0.39 is 0 Å². The minimum Gasteiger partial charge on any atom is -0.143 e. The monoisotopic (exact) mass is 278 g/mol. The summed E-state index contributed by atoms with van der Waals surface area (Å²) < 4.78 is 1.12. The number of halogens is 1.